The summed E-state index contributed by atoms with van der Waals surface area (Å²) in [4.78, 5) is 23.0. The van der Waals surface area contributed by atoms with Crippen molar-refractivity contribution >= 4 is 11.8 Å². The lowest BCUT2D eigenvalue weighted by Gasteiger charge is -2.16. The Bertz CT molecular complexity index is 552. The number of carbonyl (C=O) groups excluding carboxylic acids is 1. The van der Waals surface area contributed by atoms with Crippen LogP contribution in [0.25, 0.3) is 0 Å². The molecule has 2 rings (SSSR count). The molecule has 1 aromatic rings. The highest BCUT2D eigenvalue weighted by Gasteiger charge is 2.26. The standard InChI is InChI=1S/C13H16FN3O4/c1-21-13(18)15-10-5-6-16(8-10)7-9-3-2-4-11(12(9)14)17(19)20/h2-4,10H,5-8H2,1H3,(H,15,18). The average molecular weight is 297 g/mol. The van der Waals surface area contributed by atoms with Crippen LogP contribution in [-0.4, -0.2) is 42.2 Å². The highest BCUT2D eigenvalue weighted by atomic mass is 19.1. The first kappa shape index (κ1) is 15.2. The van der Waals surface area contributed by atoms with Gasteiger partial charge in [0.15, 0.2) is 0 Å². The molecule has 1 amide bonds. The van der Waals surface area contributed by atoms with Gasteiger partial charge in [0.25, 0.3) is 0 Å². The van der Waals surface area contributed by atoms with Crippen LogP contribution in [0.1, 0.15) is 12.0 Å². The molecule has 21 heavy (non-hydrogen) atoms. The van der Waals surface area contributed by atoms with Gasteiger partial charge in [-0.2, -0.15) is 4.39 Å². The fraction of sp³-hybridized carbons (Fsp3) is 0.462. The number of ether oxygens (including phenoxy) is 1. The van der Waals surface area contributed by atoms with Gasteiger partial charge in [0.2, 0.25) is 5.82 Å². The fourth-order valence-electron chi connectivity index (χ4n) is 2.39. The fourth-order valence-corrected chi connectivity index (χ4v) is 2.39. The highest BCUT2D eigenvalue weighted by Crippen LogP contribution is 2.22. The zero-order chi connectivity index (χ0) is 15.4. The molecule has 1 atom stereocenters. The predicted molar refractivity (Wildman–Crippen MR) is 72.3 cm³/mol. The van der Waals surface area contributed by atoms with Crippen LogP contribution >= 0.6 is 0 Å². The Hall–Kier alpha value is -2.22. The van der Waals surface area contributed by atoms with Gasteiger partial charge in [0, 0.05) is 37.3 Å². The van der Waals surface area contributed by atoms with Crippen LogP contribution in [0.3, 0.4) is 0 Å². The van der Waals surface area contributed by atoms with Crippen LogP contribution in [0, 0.1) is 15.9 Å². The summed E-state index contributed by atoms with van der Waals surface area (Å²) in [5, 5.41) is 13.4. The third-order valence-corrected chi connectivity index (χ3v) is 3.43. The molecule has 0 radical (unpaired) electrons. The molecule has 1 heterocycles. The lowest BCUT2D eigenvalue weighted by atomic mass is 10.1. The van der Waals surface area contributed by atoms with Gasteiger partial charge in [-0.25, -0.2) is 4.79 Å². The molecule has 0 spiro atoms. The van der Waals surface area contributed by atoms with Gasteiger partial charge in [-0.1, -0.05) is 12.1 Å². The molecule has 0 saturated carbocycles. The molecule has 0 aromatic heterocycles. The van der Waals surface area contributed by atoms with Crippen molar-refractivity contribution in [2.45, 2.75) is 19.0 Å². The van der Waals surface area contributed by atoms with E-state index in [0.29, 0.717) is 13.1 Å². The maximum atomic E-state index is 14.0. The Balaban J connectivity index is 1.99. The number of benzene rings is 1. The summed E-state index contributed by atoms with van der Waals surface area (Å²) in [6.45, 7) is 1.50. The number of hydrogen-bond acceptors (Lipinski definition) is 5. The maximum Gasteiger partial charge on any atom is 0.407 e. The molecule has 8 heteroatoms. The van der Waals surface area contributed by atoms with E-state index in [-0.39, 0.29) is 18.2 Å². The molecule has 1 fully saturated rings. The first-order valence-corrected chi connectivity index (χ1v) is 6.50. The Morgan fingerprint density at radius 1 is 1.62 bits per heavy atom. The molecular weight excluding hydrogens is 281 g/mol. The number of alkyl carbamates (subject to hydrolysis) is 1. The van der Waals surface area contributed by atoms with Crippen molar-refractivity contribution < 1.29 is 18.8 Å². The number of halogens is 1. The Kier molecular flexibility index (Phi) is 4.69. The number of carbonyl (C=O) groups is 1. The summed E-state index contributed by atoms with van der Waals surface area (Å²) in [6.07, 6.45) is 0.231. The minimum absolute atomic E-state index is 0.0563. The summed E-state index contributed by atoms with van der Waals surface area (Å²) >= 11 is 0. The highest BCUT2D eigenvalue weighted by molar-refractivity contribution is 5.67. The second kappa shape index (κ2) is 6.49. The van der Waals surface area contributed by atoms with Crippen LogP contribution in [0.4, 0.5) is 14.9 Å². The minimum Gasteiger partial charge on any atom is -0.453 e. The smallest absolute Gasteiger partial charge is 0.407 e. The summed E-state index contributed by atoms with van der Waals surface area (Å²) < 4.78 is 18.5. The number of nitrogens with one attached hydrogen (secondary N) is 1. The van der Waals surface area contributed by atoms with E-state index in [1.807, 2.05) is 4.90 Å². The number of nitro groups is 1. The zero-order valence-electron chi connectivity index (χ0n) is 11.5. The van der Waals surface area contributed by atoms with E-state index in [2.05, 4.69) is 10.1 Å². The van der Waals surface area contributed by atoms with Crippen molar-refractivity contribution in [3.8, 4) is 0 Å². The van der Waals surface area contributed by atoms with Crippen molar-refractivity contribution in [3.05, 3.63) is 39.7 Å². The molecule has 0 bridgehead atoms. The molecule has 0 aliphatic carbocycles. The second-order valence-electron chi connectivity index (χ2n) is 4.86. The molecule has 1 saturated heterocycles. The van der Waals surface area contributed by atoms with Gasteiger partial charge in [0.05, 0.1) is 12.0 Å². The maximum absolute atomic E-state index is 14.0. The summed E-state index contributed by atoms with van der Waals surface area (Å²) in [6, 6.07) is 4.09. The van der Waals surface area contributed by atoms with E-state index in [1.165, 1.54) is 19.2 Å². The van der Waals surface area contributed by atoms with E-state index in [4.69, 9.17) is 0 Å². The topological polar surface area (TPSA) is 84.7 Å². The van der Waals surface area contributed by atoms with Crippen molar-refractivity contribution in [2.24, 2.45) is 0 Å². The van der Waals surface area contributed by atoms with Gasteiger partial charge in [-0.05, 0) is 6.42 Å². The predicted octanol–water partition coefficient (Wildman–Crippen LogP) is 1.66. The summed E-state index contributed by atoms with van der Waals surface area (Å²) in [5.74, 6) is -0.799. The first-order chi connectivity index (χ1) is 10.0. The van der Waals surface area contributed by atoms with E-state index >= 15 is 0 Å². The lowest BCUT2D eigenvalue weighted by Crippen LogP contribution is -2.36. The number of amides is 1. The number of methoxy groups -OCH3 is 1. The lowest BCUT2D eigenvalue weighted by molar-refractivity contribution is -0.387. The van der Waals surface area contributed by atoms with Crippen molar-refractivity contribution in [1.29, 1.82) is 0 Å². The van der Waals surface area contributed by atoms with Gasteiger partial charge >= 0.3 is 11.8 Å². The Morgan fingerprint density at radius 3 is 3.05 bits per heavy atom. The first-order valence-electron chi connectivity index (χ1n) is 6.50. The Labute approximate surface area is 120 Å². The normalized spacial score (nSPS) is 18.5. The molecule has 1 unspecified atom stereocenters. The zero-order valence-corrected chi connectivity index (χ0v) is 11.5. The van der Waals surface area contributed by atoms with Gasteiger partial charge < -0.3 is 10.1 Å². The number of nitro benzene ring substituents is 1. The van der Waals surface area contributed by atoms with Gasteiger partial charge in [0.1, 0.15) is 0 Å². The van der Waals surface area contributed by atoms with Crippen molar-refractivity contribution in [1.82, 2.24) is 10.2 Å². The number of nitrogens with zero attached hydrogens (tertiary/aromatic N) is 2. The number of rotatable bonds is 4. The quantitative estimate of drug-likeness (QED) is 0.675. The summed E-state index contributed by atoms with van der Waals surface area (Å²) in [7, 11) is 1.29. The van der Waals surface area contributed by atoms with Gasteiger partial charge in [-0.15, -0.1) is 0 Å². The van der Waals surface area contributed by atoms with Crippen molar-refractivity contribution in [3.63, 3.8) is 0 Å². The van der Waals surface area contributed by atoms with E-state index in [0.717, 1.165) is 12.5 Å². The third kappa shape index (κ3) is 3.66. The molecule has 7 nitrogen and oxygen atoms in total. The summed E-state index contributed by atoms with van der Waals surface area (Å²) in [5.41, 5.74) is -0.237. The third-order valence-electron chi connectivity index (χ3n) is 3.43. The molecule has 1 aliphatic heterocycles. The molecule has 1 aliphatic rings. The van der Waals surface area contributed by atoms with E-state index in [9.17, 15) is 19.3 Å². The van der Waals surface area contributed by atoms with Crippen LogP contribution in [0.2, 0.25) is 0 Å². The van der Waals surface area contributed by atoms with Gasteiger partial charge in [-0.3, -0.25) is 15.0 Å². The largest absolute Gasteiger partial charge is 0.453 e. The van der Waals surface area contributed by atoms with Crippen LogP contribution < -0.4 is 5.32 Å². The average Bonchev–Trinajstić information content (AvgIpc) is 2.88. The molecule has 1 N–H and O–H groups in total. The van der Waals surface area contributed by atoms with Crippen molar-refractivity contribution in [2.75, 3.05) is 20.2 Å². The van der Waals surface area contributed by atoms with E-state index < -0.39 is 22.5 Å². The molecule has 1 aromatic carbocycles. The second-order valence-corrected chi connectivity index (χ2v) is 4.86. The Morgan fingerprint density at radius 2 is 2.38 bits per heavy atom. The molecular formula is C13H16FN3O4. The van der Waals surface area contributed by atoms with Crippen LogP contribution in [-0.2, 0) is 11.3 Å². The SMILES string of the molecule is COC(=O)NC1CCN(Cc2cccc([N+](=O)[O-])c2F)C1. The van der Waals surface area contributed by atoms with Crippen LogP contribution in [0.5, 0.6) is 0 Å². The number of likely N-dealkylation sites (tertiary alicyclic amines) is 1. The van der Waals surface area contributed by atoms with E-state index in [1.54, 1.807) is 0 Å². The molecule has 114 valence electrons. The number of hydrogen-bond donors (Lipinski definition) is 1. The minimum atomic E-state index is -0.799. The van der Waals surface area contributed by atoms with Crippen LogP contribution in [0.15, 0.2) is 18.2 Å². The monoisotopic (exact) mass is 297 g/mol.